The van der Waals surface area contributed by atoms with Crippen LogP contribution in [0, 0.1) is 0 Å². The molecule has 5 nitrogen and oxygen atoms in total. The first-order valence-corrected chi connectivity index (χ1v) is 9.33. The van der Waals surface area contributed by atoms with Crippen molar-refractivity contribution >= 4 is 23.5 Å². The topological polar surface area (TPSA) is 63.2 Å². The maximum absolute atomic E-state index is 11.8. The third kappa shape index (κ3) is 6.91. The lowest BCUT2D eigenvalue weighted by Gasteiger charge is -2.09. The minimum Gasteiger partial charge on any atom is -0.493 e. The second kappa shape index (κ2) is 10.5. The summed E-state index contributed by atoms with van der Waals surface area (Å²) in [5.74, 6) is 1.89. The number of thioether (sulfide) groups is 1. The van der Waals surface area contributed by atoms with Crippen LogP contribution in [0.1, 0.15) is 12.0 Å². The Morgan fingerprint density at radius 3 is 2.62 bits per heavy atom. The van der Waals surface area contributed by atoms with Crippen LogP contribution in [0.4, 0.5) is 10.5 Å². The van der Waals surface area contributed by atoms with Crippen molar-refractivity contribution in [3.05, 3.63) is 54.4 Å². The van der Waals surface area contributed by atoms with Crippen molar-refractivity contribution in [2.45, 2.75) is 12.8 Å². The van der Waals surface area contributed by atoms with Gasteiger partial charge in [0, 0.05) is 24.6 Å². The molecule has 1 aromatic heterocycles. The van der Waals surface area contributed by atoms with Gasteiger partial charge in [0.15, 0.2) is 0 Å². The van der Waals surface area contributed by atoms with E-state index in [0.717, 1.165) is 30.0 Å². The van der Waals surface area contributed by atoms with E-state index in [1.807, 2.05) is 48.2 Å². The van der Waals surface area contributed by atoms with E-state index in [4.69, 9.17) is 4.74 Å². The molecule has 24 heavy (non-hydrogen) atoms. The number of carbonyl (C=O) groups excluding carboxylic acids is 1. The summed E-state index contributed by atoms with van der Waals surface area (Å²) >= 11 is 1.83. The van der Waals surface area contributed by atoms with E-state index in [2.05, 4.69) is 21.9 Å². The normalized spacial score (nSPS) is 10.2. The molecule has 0 atom stereocenters. The highest BCUT2D eigenvalue weighted by molar-refractivity contribution is 7.98. The van der Waals surface area contributed by atoms with Gasteiger partial charge in [-0.3, -0.25) is 4.98 Å². The predicted molar refractivity (Wildman–Crippen MR) is 99.9 cm³/mol. The Bertz CT molecular complexity index is 605. The Hall–Kier alpha value is -2.21. The molecule has 0 aliphatic carbocycles. The number of urea groups is 1. The van der Waals surface area contributed by atoms with Gasteiger partial charge in [0.1, 0.15) is 5.75 Å². The maximum Gasteiger partial charge on any atom is 0.319 e. The molecule has 0 saturated heterocycles. The molecule has 0 fully saturated rings. The van der Waals surface area contributed by atoms with Gasteiger partial charge in [-0.15, -0.1) is 0 Å². The number of aryl methyl sites for hydroxylation is 1. The van der Waals surface area contributed by atoms with Crippen molar-refractivity contribution in [3.8, 4) is 5.75 Å². The monoisotopic (exact) mass is 345 g/mol. The van der Waals surface area contributed by atoms with Gasteiger partial charge in [0.25, 0.3) is 0 Å². The van der Waals surface area contributed by atoms with E-state index < -0.39 is 0 Å². The van der Waals surface area contributed by atoms with Crippen molar-refractivity contribution < 1.29 is 9.53 Å². The van der Waals surface area contributed by atoms with Crippen molar-refractivity contribution in [1.29, 1.82) is 0 Å². The lowest BCUT2D eigenvalue weighted by molar-refractivity contribution is 0.250. The minimum absolute atomic E-state index is 0.198. The highest BCUT2D eigenvalue weighted by atomic mass is 32.2. The fraction of sp³-hybridized carbons (Fsp3) is 0.333. The highest BCUT2D eigenvalue weighted by Crippen LogP contribution is 2.11. The summed E-state index contributed by atoms with van der Waals surface area (Å²) in [7, 11) is 0. The van der Waals surface area contributed by atoms with E-state index in [0.29, 0.717) is 13.2 Å². The van der Waals surface area contributed by atoms with Gasteiger partial charge in [-0.1, -0.05) is 12.1 Å². The molecular formula is C18H23N3O2S. The number of carbonyl (C=O) groups is 1. The zero-order valence-electron chi connectivity index (χ0n) is 13.8. The van der Waals surface area contributed by atoms with E-state index >= 15 is 0 Å². The largest absolute Gasteiger partial charge is 0.493 e. The summed E-state index contributed by atoms with van der Waals surface area (Å²) < 4.78 is 5.54. The van der Waals surface area contributed by atoms with Crippen molar-refractivity contribution in [3.63, 3.8) is 0 Å². The van der Waals surface area contributed by atoms with Crippen LogP contribution in [-0.2, 0) is 6.42 Å². The maximum atomic E-state index is 11.8. The van der Waals surface area contributed by atoms with Crippen LogP contribution in [0.25, 0.3) is 0 Å². The number of benzene rings is 1. The molecule has 0 saturated carbocycles. The molecule has 0 spiro atoms. The molecule has 1 heterocycles. The number of ether oxygens (including phenoxy) is 1. The van der Waals surface area contributed by atoms with E-state index in [9.17, 15) is 4.79 Å². The molecule has 2 amide bonds. The smallest absolute Gasteiger partial charge is 0.319 e. The molecule has 0 aliphatic rings. The highest BCUT2D eigenvalue weighted by Gasteiger charge is 2.01. The number of amides is 2. The predicted octanol–water partition coefficient (Wildman–Crippen LogP) is 3.58. The lowest BCUT2D eigenvalue weighted by atomic mass is 10.1. The fourth-order valence-corrected chi connectivity index (χ4v) is 2.49. The summed E-state index contributed by atoms with van der Waals surface area (Å²) in [5, 5.41) is 5.65. The number of anilines is 1. The molecule has 1 aromatic carbocycles. The van der Waals surface area contributed by atoms with Crippen molar-refractivity contribution in [2.24, 2.45) is 0 Å². The zero-order valence-corrected chi connectivity index (χ0v) is 14.6. The van der Waals surface area contributed by atoms with Crippen LogP contribution < -0.4 is 15.4 Å². The number of hydrogen-bond acceptors (Lipinski definition) is 4. The van der Waals surface area contributed by atoms with Crippen molar-refractivity contribution in [2.75, 3.05) is 30.5 Å². The summed E-state index contributed by atoms with van der Waals surface area (Å²) in [6, 6.07) is 11.4. The van der Waals surface area contributed by atoms with Crippen LogP contribution >= 0.6 is 11.8 Å². The number of aromatic nitrogens is 1. The van der Waals surface area contributed by atoms with Crippen LogP contribution in [0.2, 0.25) is 0 Å². The van der Waals surface area contributed by atoms with Gasteiger partial charge in [0.05, 0.1) is 6.61 Å². The zero-order chi connectivity index (χ0) is 17.0. The molecule has 0 radical (unpaired) electrons. The number of rotatable bonds is 9. The van der Waals surface area contributed by atoms with Gasteiger partial charge >= 0.3 is 6.03 Å². The van der Waals surface area contributed by atoms with Crippen LogP contribution in [0.5, 0.6) is 5.75 Å². The third-order valence-electron chi connectivity index (χ3n) is 3.33. The number of nitrogens with one attached hydrogen (secondary N) is 2. The Kier molecular flexibility index (Phi) is 7.97. The molecule has 6 heteroatoms. The molecule has 2 rings (SSSR count). The molecule has 0 unspecified atom stereocenters. The second-order valence-electron chi connectivity index (χ2n) is 5.21. The third-order valence-corrected chi connectivity index (χ3v) is 3.94. The van der Waals surface area contributed by atoms with Crippen LogP contribution in [0.15, 0.2) is 48.8 Å². The first-order valence-electron chi connectivity index (χ1n) is 7.93. The first-order chi connectivity index (χ1) is 11.8. The Morgan fingerprint density at radius 2 is 1.92 bits per heavy atom. The average molecular weight is 345 g/mol. The Labute approximate surface area is 147 Å². The molecule has 2 N–H and O–H groups in total. The fourth-order valence-electron chi connectivity index (χ4n) is 2.05. The molecule has 2 aromatic rings. The van der Waals surface area contributed by atoms with Gasteiger partial charge in [0.2, 0.25) is 0 Å². The van der Waals surface area contributed by atoms with Crippen LogP contribution in [0.3, 0.4) is 0 Å². The lowest BCUT2D eigenvalue weighted by Crippen LogP contribution is -2.30. The van der Waals surface area contributed by atoms with Crippen molar-refractivity contribution in [1.82, 2.24) is 10.3 Å². The minimum atomic E-state index is -0.198. The average Bonchev–Trinajstić information content (AvgIpc) is 2.62. The van der Waals surface area contributed by atoms with E-state index in [-0.39, 0.29) is 6.03 Å². The van der Waals surface area contributed by atoms with E-state index in [1.54, 1.807) is 12.4 Å². The first kappa shape index (κ1) is 18.1. The quantitative estimate of drug-likeness (QED) is 0.682. The number of pyridine rings is 1. The SMILES string of the molecule is CSCCc1ccc(NC(=O)NCCCOc2ccncc2)cc1. The second-order valence-corrected chi connectivity index (χ2v) is 6.19. The number of hydrogen-bond donors (Lipinski definition) is 2. The summed E-state index contributed by atoms with van der Waals surface area (Å²) in [4.78, 5) is 15.8. The number of nitrogens with zero attached hydrogens (tertiary/aromatic N) is 1. The summed E-state index contributed by atoms with van der Waals surface area (Å²) in [5.41, 5.74) is 2.08. The van der Waals surface area contributed by atoms with Crippen LogP contribution in [-0.4, -0.2) is 36.2 Å². The summed E-state index contributed by atoms with van der Waals surface area (Å²) in [6.45, 7) is 1.11. The Morgan fingerprint density at radius 1 is 1.17 bits per heavy atom. The van der Waals surface area contributed by atoms with Gasteiger partial charge in [-0.2, -0.15) is 11.8 Å². The molecule has 0 aliphatic heterocycles. The standard InChI is InChI=1S/C18H23N3O2S/c1-24-14-9-15-3-5-16(6-4-15)21-18(22)20-10-2-13-23-17-7-11-19-12-8-17/h3-8,11-12H,2,9-10,13-14H2,1H3,(H2,20,21,22). The summed E-state index contributed by atoms with van der Waals surface area (Å²) in [6.07, 6.45) is 7.26. The Balaban J connectivity index is 1.60. The van der Waals surface area contributed by atoms with Gasteiger partial charge < -0.3 is 15.4 Å². The van der Waals surface area contributed by atoms with E-state index in [1.165, 1.54) is 5.56 Å². The van der Waals surface area contributed by atoms with Gasteiger partial charge in [-0.05, 0) is 54.7 Å². The molecule has 128 valence electrons. The molecular weight excluding hydrogens is 322 g/mol. The molecule has 0 bridgehead atoms. The van der Waals surface area contributed by atoms with Gasteiger partial charge in [-0.25, -0.2) is 4.79 Å².